The van der Waals surface area contributed by atoms with E-state index in [9.17, 15) is 19.1 Å². The minimum absolute atomic E-state index is 0.0502. The van der Waals surface area contributed by atoms with Crippen molar-refractivity contribution in [2.45, 2.75) is 33.6 Å². The molecule has 3 N–H and O–H groups in total. The molecule has 0 aromatic heterocycles. The van der Waals surface area contributed by atoms with E-state index in [1.807, 2.05) is 32.0 Å². The maximum Gasteiger partial charge on any atom is 0.310 e. The van der Waals surface area contributed by atoms with E-state index < -0.39 is 23.6 Å². The Morgan fingerprint density at radius 2 is 1.83 bits per heavy atom. The number of hydrogen-bond donors (Lipinski definition) is 3. The summed E-state index contributed by atoms with van der Waals surface area (Å²) in [5.41, 5.74) is 6.90. The third kappa shape index (κ3) is 4.55. The van der Waals surface area contributed by atoms with Gasteiger partial charge in [-0.3, -0.25) is 15.0 Å². The van der Waals surface area contributed by atoms with Gasteiger partial charge in [0.25, 0.3) is 0 Å². The number of aliphatic carboxylic acids is 1. The summed E-state index contributed by atoms with van der Waals surface area (Å²) in [5.74, 6) is -3.44. The van der Waals surface area contributed by atoms with E-state index in [-0.39, 0.29) is 22.7 Å². The zero-order chi connectivity index (χ0) is 26.1. The van der Waals surface area contributed by atoms with Crippen LogP contribution in [0.3, 0.4) is 0 Å². The Bertz CT molecular complexity index is 1450. The second kappa shape index (κ2) is 9.61. The van der Waals surface area contributed by atoms with Crippen molar-refractivity contribution in [2.75, 3.05) is 10.4 Å². The van der Waals surface area contributed by atoms with Crippen LogP contribution in [-0.4, -0.2) is 33.5 Å². The molecule has 9 heteroatoms. The molecule has 8 nitrogen and oxygen atoms in total. The van der Waals surface area contributed by atoms with Crippen LogP contribution in [0.4, 0.5) is 15.8 Å². The molecule has 0 saturated carbocycles. The number of carboxylic acid groups (broad SMARTS) is 1. The van der Waals surface area contributed by atoms with E-state index in [2.05, 4.69) is 15.6 Å². The van der Waals surface area contributed by atoms with Gasteiger partial charge in [0.05, 0.1) is 23.0 Å². The summed E-state index contributed by atoms with van der Waals surface area (Å²) in [7, 11) is 0. The van der Waals surface area contributed by atoms with E-state index in [1.165, 1.54) is 24.1 Å². The number of para-hydroxylation sites is 1. The van der Waals surface area contributed by atoms with E-state index in [0.717, 1.165) is 11.1 Å². The van der Waals surface area contributed by atoms with Gasteiger partial charge in [0.2, 0.25) is 0 Å². The number of halogens is 1. The molecule has 0 spiro atoms. The highest BCUT2D eigenvalue weighted by Gasteiger charge is 2.31. The minimum atomic E-state index is -1.13. The lowest BCUT2D eigenvalue weighted by atomic mass is 9.96. The molecule has 1 amide bonds. The number of anilines is 2. The largest absolute Gasteiger partial charge is 0.505 e. The highest BCUT2D eigenvalue weighted by Crippen LogP contribution is 2.37. The number of aromatic hydroxyl groups is 1. The van der Waals surface area contributed by atoms with Crippen LogP contribution in [0.5, 0.6) is 5.75 Å². The van der Waals surface area contributed by atoms with Crippen LogP contribution >= 0.6 is 0 Å². The zero-order valence-electron chi connectivity index (χ0n) is 20.2. The molecule has 0 bridgehead atoms. The maximum atomic E-state index is 14.6. The summed E-state index contributed by atoms with van der Waals surface area (Å²) in [6.45, 7) is 7.00. The monoisotopic (exact) mass is 488 g/mol. The highest BCUT2D eigenvalue weighted by atomic mass is 19.1. The summed E-state index contributed by atoms with van der Waals surface area (Å²) in [4.78, 5) is 24.2. The Morgan fingerprint density at radius 1 is 1.08 bits per heavy atom. The second-order valence-corrected chi connectivity index (χ2v) is 8.64. The van der Waals surface area contributed by atoms with Gasteiger partial charge in [-0.1, -0.05) is 30.3 Å². The predicted molar refractivity (Wildman–Crippen MR) is 137 cm³/mol. The Morgan fingerprint density at radius 3 is 2.50 bits per heavy atom. The number of carbonyl (C=O) groups is 2. The van der Waals surface area contributed by atoms with Gasteiger partial charge in [-0.15, -0.1) is 0 Å². The summed E-state index contributed by atoms with van der Waals surface area (Å²) in [6.07, 6.45) is 0. The van der Waals surface area contributed by atoms with Crippen LogP contribution in [0, 0.1) is 19.7 Å². The lowest BCUT2D eigenvalue weighted by Crippen LogP contribution is -2.28. The van der Waals surface area contributed by atoms with Gasteiger partial charge in [-0.25, -0.2) is 4.39 Å². The molecular formula is C27H25FN4O4. The van der Waals surface area contributed by atoms with Crippen molar-refractivity contribution in [3.63, 3.8) is 0 Å². The van der Waals surface area contributed by atoms with Crippen molar-refractivity contribution in [1.82, 2.24) is 0 Å². The number of carbonyl (C=O) groups excluding carboxylic acids is 1. The van der Waals surface area contributed by atoms with Gasteiger partial charge in [0.1, 0.15) is 11.6 Å². The fourth-order valence-electron chi connectivity index (χ4n) is 3.82. The molecule has 0 aliphatic carbocycles. The minimum Gasteiger partial charge on any atom is -0.505 e. The third-order valence-electron chi connectivity index (χ3n) is 6.20. The zero-order valence-corrected chi connectivity index (χ0v) is 20.2. The topological polar surface area (TPSA) is 115 Å². The first-order chi connectivity index (χ1) is 17.1. The molecule has 4 rings (SSSR count). The molecule has 1 heterocycles. The lowest BCUT2D eigenvalue weighted by Gasteiger charge is -2.13. The first kappa shape index (κ1) is 24.6. The molecule has 0 fully saturated rings. The SMILES string of the molecule is CC1=NN(c2ccc(C)c(C)c2)C(=O)/C1=N\Nc1cccc(-c2ccc(C(C)C(=O)O)c(F)c2)c1O. The third-order valence-corrected chi connectivity index (χ3v) is 6.20. The van der Waals surface area contributed by atoms with Crippen molar-refractivity contribution in [3.05, 3.63) is 77.1 Å². The number of aryl methyl sites for hydroxylation is 2. The van der Waals surface area contributed by atoms with Crippen LogP contribution < -0.4 is 10.4 Å². The predicted octanol–water partition coefficient (Wildman–Crippen LogP) is 5.19. The van der Waals surface area contributed by atoms with E-state index in [4.69, 9.17) is 5.11 Å². The summed E-state index contributed by atoms with van der Waals surface area (Å²) in [6, 6.07) is 14.5. The quantitative estimate of drug-likeness (QED) is 0.326. The Labute approximate surface area is 207 Å². The number of carboxylic acids is 1. The van der Waals surface area contributed by atoms with Gasteiger partial charge in [0.15, 0.2) is 5.71 Å². The molecule has 1 aliphatic heterocycles. The number of phenols is 1. The maximum absolute atomic E-state index is 14.6. The summed E-state index contributed by atoms with van der Waals surface area (Å²) in [5, 5.41) is 29.8. The van der Waals surface area contributed by atoms with E-state index in [0.29, 0.717) is 22.5 Å². The molecule has 3 aromatic rings. The molecule has 1 atom stereocenters. The van der Waals surface area contributed by atoms with Crippen molar-refractivity contribution >= 4 is 34.7 Å². The van der Waals surface area contributed by atoms with E-state index in [1.54, 1.807) is 31.2 Å². The fraction of sp³-hybridized carbons (Fsp3) is 0.185. The highest BCUT2D eigenvalue weighted by molar-refractivity contribution is 6.71. The fourth-order valence-corrected chi connectivity index (χ4v) is 3.82. The number of amides is 1. The molecule has 36 heavy (non-hydrogen) atoms. The first-order valence-corrected chi connectivity index (χ1v) is 11.2. The second-order valence-electron chi connectivity index (χ2n) is 8.64. The van der Waals surface area contributed by atoms with E-state index >= 15 is 0 Å². The number of nitrogens with one attached hydrogen (secondary N) is 1. The molecule has 184 valence electrons. The summed E-state index contributed by atoms with van der Waals surface area (Å²) < 4.78 is 14.6. The van der Waals surface area contributed by atoms with Crippen LogP contribution in [0.2, 0.25) is 0 Å². The van der Waals surface area contributed by atoms with Gasteiger partial charge >= 0.3 is 11.9 Å². The number of benzene rings is 3. The molecule has 0 saturated heterocycles. The van der Waals surface area contributed by atoms with Crippen molar-refractivity contribution in [3.8, 4) is 16.9 Å². The smallest absolute Gasteiger partial charge is 0.310 e. The van der Waals surface area contributed by atoms with Gasteiger partial charge in [-0.2, -0.15) is 15.2 Å². The van der Waals surface area contributed by atoms with Gasteiger partial charge in [-0.05, 0) is 68.7 Å². The molecule has 3 aromatic carbocycles. The lowest BCUT2D eigenvalue weighted by molar-refractivity contribution is -0.138. The van der Waals surface area contributed by atoms with Crippen molar-refractivity contribution in [1.29, 1.82) is 0 Å². The Hall–Kier alpha value is -4.53. The Kier molecular flexibility index (Phi) is 6.57. The van der Waals surface area contributed by atoms with Crippen LogP contribution in [0.15, 0.2) is 64.8 Å². The standard InChI is InChI=1S/C27H25FN4O4/c1-14-8-10-19(12-15(14)2)32-26(34)24(17(4)31-32)30-29-23-7-5-6-21(25(23)33)18-9-11-20(22(28)13-18)16(3)27(35)36/h5-13,16,29,33H,1-4H3,(H,35,36)/b30-24-. The van der Waals surface area contributed by atoms with Crippen LogP contribution in [0.25, 0.3) is 11.1 Å². The van der Waals surface area contributed by atoms with Gasteiger partial charge < -0.3 is 10.2 Å². The van der Waals surface area contributed by atoms with Crippen LogP contribution in [-0.2, 0) is 9.59 Å². The molecule has 1 unspecified atom stereocenters. The first-order valence-electron chi connectivity index (χ1n) is 11.2. The van der Waals surface area contributed by atoms with Crippen molar-refractivity contribution < 1.29 is 24.2 Å². The number of rotatable bonds is 6. The number of hydrazone groups is 2. The average molecular weight is 489 g/mol. The number of nitrogens with zero attached hydrogens (tertiary/aromatic N) is 3. The van der Waals surface area contributed by atoms with Crippen molar-refractivity contribution in [2.24, 2.45) is 10.2 Å². The molecule has 1 aliphatic rings. The number of phenolic OH excluding ortho intramolecular Hbond substituents is 1. The molecule has 0 radical (unpaired) electrons. The number of hydrogen-bond acceptors (Lipinski definition) is 6. The van der Waals surface area contributed by atoms with Gasteiger partial charge in [0, 0.05) is 11.1 Å². The Balaban J connectivity index is 1.59. The summed E-state index contributed by atoms with van der Waals surface area (Å²) >= 11 is 0. The van der Waals surface area contributed by atoms with Crippen LogP contribution in [0.1, 0.15) is 36.5 Å². The normalized spacial score (nSPS) is 15.2. The molecular weight excluding hydrogens is 463 g/mol. The average Bonchev–Trinajstić information content (AvgIpc) is 3.12.